The van der Waals surface area contributed by atoms with Crippen molar-refractivity contribution >= 4 is 0 Å². The average Bonchev–Trinajstić information content (AvgIpc) is 3.69. The van der Waals surface area contributed by atoms with Gasteiger partial charge in [0.15, 0.2) is 5.82 Å². The number of aromatic nitrogens is 8. The summed E-state index contributed by atoms with van der Waals surface area (Å²) in [5.74, 6) is 1.60. The van der Waals surface area contributed by atoms with E-state index < -0.39 is 0 Å². The van der Waals surface area contributed by atoms with Gasteiger partial charge in [0.1, 0.15) is 5.82 Å². The third-order valence-electron chi connectivity index (χ3n) is 6.89. The number of hydrogen-bond donors (Lipinski definition) is 1. The Labute approximate surface area is 222 Å². The molecule has 4 aromatic heterocycles. The van der Waals surface area contributed by atoms with Gasteiger partial charge in [0, 0.05) is 36.4 Å². The summed E-state index contributed by atoms with van der Waals surface area (Å²) >= 11 is 0. The van der Waals surface area contributed by atoms with Crippen LogP contribution >= 0.6 is 0 Å². The molecule has 0 aliphatic rings. The maximum absolute atomic E-state index is 13.9. The van der Waals surface area contributed by atoms with Crippen molar-refractivity contribution < 1.29 is 0 Å². The zero-order chi connectivity index (χ0) is 26.5. The number of aromatic amines is 1. The van der Waals surface area contributed by atoms with E-state index in [1.807, 2.05) is 45.8 Å². The molecule has 0 spiro atoms. The van der Waals surface area contributed by atoms with E-state index in [-0.39, 0.29) is 5.69 Å². The number of tetrazole rings is 1. The number of aryl methyl sites for hydroxylation is 3. The monoisotopic (exact) mass is 510 g/mol. The highest BCUT2D eigenvalue weighted by atomic mass is 16.1. The molecule has 9 nitrogen and oxygen atoms in total. The second kappa shape index (κ2) is 11.4. The summed E-state index contributed by atoms with van der Waals surface area (Å²) in [5.41, 5.74) is 6.00. The zero-order valence-corrected chi connectivity index (χ0v) is 22.3. The van der Waals surface area contributed by atoms with Crippen molar-refractivity contribution in [3.63, 3.8) is 0 Å². The molecule has 5 aromatic rings. The summed E-state index contributed by atoms with van der Waals surface area (Å²) < 4.78 is 5.93. The van der Waals surface area contributed by atoms with Gasteiger partial charge >= 0.3 is 5.69 Å². The van der Waals surface area contributed by atoms with Crippen LogP contribution in [0.5, 0.6) is 0 Å². The number of benzene rings is 1. The maximum atomic E-state index is 13.9. The summed E-state index contributed by atoms with van der Waals surface area (Å²) in [4.78, 5) is 18.5. The highest BCUT2D eigenvalue weighted by Crippen LogP contribution is 2.25. The van der Waals surface area contributed by atoms with Crippen molar-refractivity contribution in [2.24, 2.45) is 0 Å². The summed E-state index contributed by atoms with van der Waals surface area (Å²) in [7, 11) is 0. The first kappa shape index (κ1) is 25.4. The predicted octanol–water partition coefficient (Wildman–Crippen LogP) is 5.05. The fourth-order valence-corrected chi connectivity index (χ4v) is 4.94. The summed E-state index contributed by atoms with van der Waals surface area (Å²) in [6, 6.07) is 14.2. The first-order chi connectivity index (χ1) is 18.6. The minimum absolute atomic E-state index is 0.0196. The van der Waals surface area contributed by atoms with Gasteiger partial charge < -0.3 is 4.57 Å². The lowest BCUT2D eigenvalue weighted by molar-refractivity contribution is 0.639. The molecule has 0 amide bonds. The third kappa shape index (κ3) is 5.09. The molecule has 0 unspecified atom stereocenters. The number of rotatable bonds is 11. The predicted molar refractivity (Wildman–Crippen MR) is 148 cm³/mol. The summed E-state index contributed by atoms with van der Waals surface area (Å²) in [6.45, 7) is 7.77. The number of nitrogens with one attached hydrogen (secondary N) is 1. The minimum atomic E-state index is -0.0196. The van der Waals surface area contributed by atoms with Crippen LogP contribution in [0.3, 0.4) is 0 Å². The lowest BCUT2D eigenvalue weighted by atomic mass is 10.0. The molecular formula is C29H34N8O. The number of hydrogen-bond acceptors (Lipinski definition) is 5. The van der Waals surface area contributed by atoms with E-state index in [0.717, 1.165) is 72.5 Å². The Hall–Kier alpha value is -4.27. The van der Waals surface area contributed by atoms with Gasteiger partial charge in [-0.05, 0) is 77.1 Å². The Morgan fingerprint density at radius 3 is 2.58 bits per heavy atom. The molecule has 1 aromatic carbocycles. The number of H-pyrrole nitrogens is 1. The van der Waals surface area contributed by atoms with E-state index in [2.05, 4.69) is 75.3 Å². The Balaban J connectivity index is 1.52. The zero-order valence-electron chi connectivity index (χ0n) is 22.3. The fraction of sp³-hybridized carbons (Fsp3) is 0.345. The molecule has 0 radical (unpaired) electrons. The molecule has 0 saturated heterocycles. The lowest BCUT2D eigenvalue weighted by Gasteiger charge is -2.10. The van der Waals surface area contributed by atoms with Gasteiger partial charge in [-0.3, -0.25) is 14.1 Å². The highest BCUT2D eigenvalue weighted by molar-refractivity contribution is 5.70. The second-order valence-electron chi connectivity index (χ2n) is 9.54. The van der Waals surface area contributed by atoms with Crippen molar-refractivity contribution in [1.82, 2.24) is 39.3 Å². The lowest BCUT2D eigenvalue weighted by Crippen LogP contribution is -2.26. The van der Waals surface area contributed by atoms with Crippen LogP contribution in [0.15, 0.2) is 65.8 Å². The number of pyridine rings is 1. The van der Waals surface area contributed by atoms with E-state index in [1.165, 1.54) is 5.56 Å². The smallest absolute Gasteiger partial charge is 0.334 e. The van der Waals surface area contributed by atoms with E-state index in [1.54, 1.807) is 0 Å². The van der Waals surface area contributed by atoms with E-state index in [4.69, 9.17) is 0 Å². The Kier molecular flexibility index (Phi) is 7.62. The molecule has 0 atom stereocenters. The standard InChI is InChI=1S/C29H34N8O/c1-4-7-11-26-20-37(28-21(6-3)13-16-35(28)15-5-2)29(38)36(26)19-25-18-23(12-14-30-25)22-9-8-10-24(17-22)27-31-33-34-32-27/h8-10,12-14,16-18,20H,4-7,11,15,19H2,1-3H3,(H,31,32,33,34). The van der Waals surface area contributed by atoms with Gasteiger partial charge in [-0.25, -0.2) is 9.89 Å². The number of imidazole rings is 1. The molecule has 1 N–H and O–H groups in total. The largest absolute Gasteiger partial charge is 0.334 e. The molecule has 0 saturated carbocycles. The molecule has 38 heavy (non-hydrogen) atoms. The Morgan fingerprint density at radius 2 is 1.82 bits per heavy atom. The van der Waals surface area contributed by atoms with Gasteiger partial charge in [-0.1, -0.05) is 45.4 Å². The molecule has 196 valence electrons. The van der Waals surface area contributed by atoms with Crippen molar-refractivity contribution in [2.45, 2.75) is 66.0 Å². The van der Waals surface area contributed by atoms with Crippen LogP contribution in [0, 0.1) is 0 Å². The molecule has 5 rings (SSSR count). The van der Waals surface area contributed by atoms with Crippen LogP contribution in [0.25, 0.3) is 28.3 Å². The SMILES string of the molecule is CCCCc1cn(-c2c(CC)ccn2CCC)c(=O)n1Cc1cc(-c2cccc(-c3nnn[nH]3)c2)ccn1. The second-order valence-corrected chi connectivity index (χ2v) is 9.54. The molecule has 0 aliphatic heterocycles. The Morgan fingerprint density at radius 1 is 0.974 bits per heavy atom. The van der Waals surface area contributed by atoms with Crippen molar-refractivity contribution in [2.75, 3.05) is 0 Å². The van der Waals surface area contributed by atoms with Crippen LogP contribution in [0.1, 0.15) is 57.0 Å². The van der Waals surface area contributed by atoms with Crippen LogP contribution in [-0.4, -0.2) is 39.3 Å². The summed E-state index contributed by atoms with van der Waals surface area (Å²) in [6.07, 6.45) is 10.8. The van der Waals surface area contributed by atoms with E-state index in [9.17, 15) is 4.79 Å². The fourth-order valence-electron chi connectivity index (χ4n) is 4.94. The molecule has 0 fully saturated rings. The van der Waals surface area contributed by atoms with Crippen molar-refractivity contribution in [3.05, 3.63) is 88.5 Å². The van der Waals surface area contributed by atoms with Gasteiger partial charge in [0.25, 0.3) is 0 Å². The normalized spacial score (nSPS) is 11.3. The van der Waals surface area contributed by atoms with E-state index in [0.29, 0.717) is 12.4 Å². The van der Waals surface area contributed by atoms with Crippen LogP contribution in [0.2, 0.25) is 0 Å². The van der Waals surface area contributed by atoms with Crippen molar-refractivity contribution in [3.8, 4) is 28.3 Å². The third-order valence-corrected chi connectivity index (χ3v) is 6.89. The average molecular weight is 511 g/mol. The minimum Gasteiger partial charge on any atom is -0.334 e. The first-order valence-corrected chi connectivity index (χ1v) is 13.4. The van der Waals surface area contributed by atoms with Gasteiger partial charge in [-0.15, -0.1) is 5.10 Å². The van der Waals surface area contributed by atoms with Crippen LogP contribution < -0.4 is 5.69 Å². The highest BCUT2D eigenvalue weighted by Gasteiger charge is 2.18. The topological polar surface area (TPSA) is 99.2 Å². The van der Waals surface area contributed by atoms with Crippen LogP contribution in [0.4, 0.5) is 0 Å². The maximum Gasteiger partial charge on any atom is 0.334 e. The summed E-state index contributed by atoms with van der Waals surface area (Å²) in [5, 5.41) is 14.2. The molecule has 4 heterocycles. The first-order valence-electron chi connectivity index (χ1n) is 13.4. The number of unbranched alkanes of at least 4 members (excludes halogenated alkanes) is 1. The van der Waals surface area contributed by atoms with Crippen LogP contribution in [-0.2, 0) is 25.9 Å². The van der Waals surface area contributed by atoms with Gasteiger partial charge in [-0.2, -0.15) is 0 Å². The number of nitrogens with zero attached hydrogens (tertiary/aromatic N) is 7. The molecule has 9 heteroatoms. The van der Waals surface area contributed by atoms with Crippen molar-refractivity contribution in [1.29, 1.82) is 0 Å². The molecule has 0 aliphatic carbocycles. The van der Waals surface area contributed by atoms with Gasteiger partial charge in [0.2, 0.25) is 0 Å². The van der Waals surface area contributed by atoms with Gasteiger partial charge in [0.05, 0.1) is 12.2 Å². The molecular weight excluding hydrogens is 476 g/mol. The van der Waals surface area contributed by atoms with E-state index >= 15 is 0 Å². The quantitative estimate of drug-likeness (QED) is 0.268. The molecule has 0 bridgehead atoms. The Bertz CT molecular complexity index is 1560.